The summed E-state index contributed by atoms with van der Waals surface area (Å²) >= 11 is 0. The summed E-state index contributed by atoms with van der Waals surface area (Å²) < 4.78 is 23.9. The molecule has 1 heterocycles. The van der Waals surface area contributed by atoms with Crippen molar-refractivity contribution in [1.82, 2.24) is 4.90 Å². The van der Waals surface area contributed by atoms with Gasteiger partial charge in [-0.2, -0.15) is 0 Å². The minimum absolute atomic E-state index is 0.193. The molecule has 1 fully saturated rings. The lowest BCUT2D eigenvalue weighted by molar-refractivity contribution is 0.0879. The summed E-state index contributed by atoms with van der Waals surface area (Å²) in [4.78, 5) is 2.32. The Labute approximate surface area is 131 Å². The molecule has 1 aromatic rings. The van der Waals surface area contributed by atoms with Crippen LogP contribution in [-0.2, 0) is 11.3 Å². The number of rotatable bonds is 6. The third kappa shape index (κ3) is 4.11. The highest BCUT2D eigenvalue weighted by molar-refractivity contribution is 5.43. The second-order valence-electron chi connectivity index (χ2n) is 6.17. The van der Waals surface area contributed by atoms with E-state index in [9.17, 15) is 9.50 Å². The minimum Gasteiger partial charge on any atom is -0.502 e. The molecular formula is C17H26FNO3. The predicted octanol–water partition coefficient (Wildman–Crippen LogP) is 3.03. The molecule has 0 saturated carbocycles. The number of ether oxygens (including phenoxy) is 2. The van der Waals surface area contributed by atoms with Gasteiger partial charge in [0.05, 0.1) is 7.11 Å². The molecule has 1 atom stereocenters. The van der Waals surface area contributed by atoms with Gasteiger partial charge in [0.25, 0.3) is 0 Å². The Bertz CT molecular complexity index is 487. The highest BCUT2D eigenvalue weighted by Gasteiger charge is 2.24. The van der Waals surface area contributed by atoms with Crippen LogP contribution in [0.1, 0.15) is 25.3 Å². The van der Waals surface area contributed by atoms with Crippen LogP contribution in [-0.4, -0.2) is 43.9 Å². The Hall–Kier alpha value is -1.33. The number of aromatic hydroxyl groups is 1. The Morgan fingerprint density at radius 2 is 2.00 bits per heavy atom. The maximum atomic E-state index is 13.7. The predicted molar refractivity (Wildman–Crippen MR) is 83.7 cm³/mol. The molecule has 0 spiro atoms. The Kier molecular flexibility index (Phi) is 6.03. The SMILES string of the molecule is COC[C@H](C)C1CCN(Cc2cc(F)c(O)c(OC)c2)CC1. The fraction of sp³-hybridized carbons (Fsp3) is 0.647. The molecule has 0 aromatic heterocycles. The summed E-state index contributed by atoms with van der Waals surface area (Å²) in [6.07, 6.45) is 2.28. The monoisotopic (exact) mass is 311 g/mol. The van der Waals surface area contributed by atoms with Gasteiger partial charge in [-0.1, -0.05) is 6.92 Å². The minimum atomic E-state index is -0.627. The van der Waals surface area contributed by atoms with E-state index in [1.54, 1.807) is 13.2 Å². The average Bonchev–Trinajstić information content (AvgIpc) is 2.51. The maximum Gasteiger partial charge on any atom is 0.194 e. The second-order valence-corrected chi connectivity index (χ2v) is 6.17. The average molecular weight is 311 g/mol. The third-order valence-electron chi connectivity index (χ3n) is 4.58. The molecule has 1 aliphatic rings. The van der Waals surface area contributed by atoms with Crippen LogP contribution >= 0.6 is 0 Å². The van der Waals surface area contributed by atoms with Crippen LogP contribution in [0.2, 0.25) is 0 Å². The Morgan fingerprint density at radius 3 is 2.59 bits per heavy atom. The van der Waals surface area contributed by atoms with Crippen molar-refractivity contribution in [2.75, 3.05) is 33.9 Å². The number of halogens is 1. The first kappa shape index (κ1) is 17.0. The summed E-state index contributed by atoms with van der Waals surface area (Å²) in [5, 5.41) is 9.55. The summed E-state index contributed by atoms with van der Waals surface area (Å²) in [6, 6.07) is 3.09. The molecule has 5 heteroatoms. The number of methoxy groups -OCH3 is 2. The fourth-order valence-electron chi connectivity index (χ4n) is 3.21. The van der Waals surface area contributed by atoms with E-state index in [4.69, 9.17) is 9.47 Å². The second kappa shape index (κ2) is 7.79. The molecular weight excluding hydrogens is 285 g/mol. The van der Waals surface area contributed by atoms with Crippen molar-refractivity contribution in [1.29, 1.82) is 0 Å². The molecule has 0 radical (unpaired) electrons. The van der Waals surface area contributed by atoms with Gasteiger partial charge in [0, 0.05) is 20.3 Å². The molecule has 0 bridgehead atoms. The smallest absolute Gasteiger partial charge is 0.194 e. The van der Waals surface area contributed by atoms with Crippen molar-refractivity contribution in [3.8, 4) is 11.5 Å². The Balaban J connectivity index is 1.92. The fourth-order valence-corrected chi connectivity index (χ4v) is 3.21. The summed E-state index contributed by atoms with van der Waals surface area (Å²) in [5.74, 6) is 0.426. The van der Waals surface area contributed by atoms with E-state index < -0.39 is 11.6 Å². The van der Waals surface area contributed by atoms with Gasteiger partial charge >= 0.3 is 0 Å². The zero-order chi connectivity index (χ0) is 16.1. The van der Waals surface area contributed by atoms with E-state index in [0.717, 1.165) is 38.1 Å². The lowest BCUT2D eigenvalue weighted by atomic mass is 9.86. The number of hydrogen-bond donors (Lipinski definition) is 1. The van der Waals surface area contributed by atoms with Crippen LogP contribution in [0, 0.1) is 17.7 Å². The van der Waals surface area contributed by atoms with Crippen molar-refractivity contribution >= 4 is 0 Å². The zero-order valence-corrected chi connectivity index (χ0v) is 13.6. The molecule has 22 heavy (non-hydrogen) atoms. The van der Waals surface area contributed by atoms with Gasteiger partial charge in [0.15, 0.2) is 17.3 Å². The topological polar surface area (TPSA) is 41.9 Å². The molecule has 0 amide bonds. The number of phenols is 1. The van der Waals surface area contributed by atoms with E-state index in [0.29, 0.717) is 18.4 Å². The van der Waals surface area contributed by atoms with Crippen LogP contribution in [0.15, 0.2) is 12.1 Å². The zero-order valence-electron chi connectivity index (χ0n) is 13.6. The van der Waals surface area contributed by atoms with Gasteiger partial charge in [-0.3, -0.25) is 4.90 Å². The standard InChI is InChI=1S/C17H26FNO3/c1-12(11-21-2)14-4-6-19(7-5-14)10-13-8-15(18)17(20)16(9-13)22-3/h8-9,12,14,20H,4-7,10-11H2,1-3H3/t12-/m0/s1. The first-order valence-corrected chi connectivity index (χ1v) is 7.81. The van der Waals surface area contributed by atoms with Crippen molar-refractivity contribution < 1.29 is 19.0 Å². The number of nitrogens with zero attached hydrogens (tertiary/aromatic N) is 1. The van der Waals surface area contributed by atoms with Crippen LogP contribution in [0.5, 0.6) is 11.5 Å². The molecule has 2 rings (SSSR count). The van der Waals surface area contributed by atoms with Crippen molar-refractivity contribution in [2.45, 2.75) is 26.3 Å². The number of piperidine rings is 1. The number of phenolic OH excluding ortho intramolecular Hbond substituents is 1. The highest BCUT2D eigenvalue weighted by Crippen LogP contribution is 2.31. The molecule has 0 unspecified atom stereocenters. The molecule has 4 nitrogen and oxygen atoms in total. The molecule has 0 aliphatic carbocycles. The van der Waals surface area contributed by atoms with E-state index in [-0.39, 0.29) is 5.75 Å². The van der Waals surface area contributed by atoms with E-state index in [2.05, 4.69) is 11.8 Å². The molecule has 124 valence electrons. The largest absolute Gasteiger partial charge is 0.502 e. The van der Waals surface area contributed by atoms with E-state index in [1.165, 1.54) is 13.2 Å². The molecule has 1 saturated heterocycles. The van der Waals surface area contributed by atoms with Crippen molar-refractivity contribution in [2.24, 2.45) is 11.8 Å². The lowest BCUT2D eigenvalue weighted by Crippen LogP contribution is -2.36. The molecule has 1 aliphatic heterocycles. The molecule has 1 aromatic carbocycles. The number of likely N-dealkylation sites (tertiary alicyclic amines) is 1. The summed E-state index contributed by atoms with van der Waals surface area (Å²) in [7, 11) is 3.18. The van der Waals surface area contributed by atoms with Crippen molar-refractivity contribution in [3.63, 3.8) is 0 Å². The first-order valence-electron chi connectivity index (χ1n) is 7.81. The van der Waals surface area contributed by atoms with Gasteiger partial charge in [0.1, 0.15) is 0 Å². The summed E-state index contributed by atoms with van der Waals surface area (Å²) in [5.41, 5.74) is 0.829. The van der Waals surface area contributed by atoms with Gasteiger partial charge in [-0.25, -0.2) is 4.39 Å². The third-order valence-corrected chi connectivity index (χ3v) is 4.58. The van der Waals surface area contributed by atoms with Gasteiger partial charge in [0.2, 0.25) is 0 Å². The van der Waals surface area contributed by atoms with Crippen LogP contribution < -0.4 is 4.74 Å². The Morgan fingerprint density at radius 1 is 1.32 bits per heavy atom. The quantitative estimate of drug-likeness (QED) is 0.877. The van der Waals surface area contributed by atoms with Gasteiger partial charge < -0.3 is 14.6 Å². The molecule has 1 N–H and O–H groups in total. The number of hydrogen-bond acceptors (Lipinski definition) is 4. The van der Waals surface area contributed by atoms with Crippen LogP contribution in [0.4, 0.5) is 4.39 Å². The van der Waals surface area contributed by atoms with Gasteiger partial charge in [-0.15, -0.1) is 0 Å². The summed E-state index contributed by atoms with van der Waals surface area (Å²) in [6.45, 7) is 5.74. The van der Waals surface area contributed by atoms with E-state index in [1.807, 2.05) is 0 Å². The highest BCUT2D eigenvalue weighted by atomic mass is 19.1. The number of benzene rings is 1. The van der Waals surface area contributed by atoms with Crippen LogP contribution in [0.3, 0.4) is 0 Å². The van der Waals surface area contributed by atoms with Crippen molar-refractivity contribution in [3.05, 3.63) is 23.5 Å². The van der Waals surface area contributed by atoms with Gasteiger partial charge in [-0.05, 0) is 55.5 Å². The van der Waals surface area contributed by atoms with E-state index >= 15 is 0 Å². The van der Waals surface area contributed by atoms with Crippen LogP contribution in [0.25, 0.3) is 0 Å². The lowest BCUT2D eigenvalue weighted by Gasteiger charge is -2.34. The first-order chi connectivity index (χ1) is 10.5. The normalized spacial score (nSPS) is 18.4. The maximum absolute atomic E-state index is 13.7.